The molecule has 3 rings (SSSR count). The van der Waals surface area contributed by atoms with Gasteiger partial charge < -0.3 is 9.64 Å². The van der Waals surface area contributed by atoms with E-state index < -0.39 is 33.3 Å². The SMILES string of the molecule is COCCN1CCC(C(=O)NO)(S(=O)(=O)N2CCC(c3ccc(CCC(F)(F)F)cc3)CC2)CC1. The lowest BCUT2D eigenvalue weighted by Gasteiger charge is -2.43. The molecule has 2 heterocycles. The van der Waals surface area contributed by atoms with Crippen LogP contribution in [0.4, 0.5) is 13.2 Å². The molecule has 2 aliphatic heterocycles. The number of nitrogens with one attached hydrogen (secondary N) is 1. The first-order valence-corrected chi connectivity index (χ1v) is 13.3. The monoisotopic (exact) mass is 521 g/mol. The zero-order valence-corrected chi connectivity index (χ0v) is 20.7. The van der Waals surface area contributed by atoms with E-state index in [1.165, 1.54) is 4.31 Å². The topological polar surface area (TPSA) is 99.2 Å². The van der Waals surface area contributed by atoms with E-state index in [9.17, 15) is 31.6 Å². The van der Waals surface area contributed by atoms with Gasteiger partial charge in [0, 0.05) is 46.3 Å². The zero-order chi connectivity index (χ0) is 25.7. The highest BCUT2D eigenvalue weighted by Crippen LogP contribution is 2.37. The van der Waals surface area contributed by atoms with Crippen LogP contribution in [0.15, 0.2) is 24.3 Å². The molecule has 1 amide bonds. The van der Waals surface area contributed by atoms with Gasteiger partial charge in [-0.15, -0.1) is 0 Å². The number of carbonyl (C=O) groups is 1. The molecule has 0 radical (unpaired) electrons. The van der Waals surface area contributed by atoms with Crippen LogP contribution in [0, 0.1) is 0 Å². The van der Waals surface area contributed by atoms with Gasteiger partial charge in [0.05, 0.1) is 6.61 Å². The molecule has 2 fully saturated rings. The summed E-state index contributed by atoms with van der Waals surface area (Å²) < 4.78 is 69.3. The number of nitrogens with zero attached hydrogens (tertiary/aromatic N) is 2. The second-order valence-corrected chi connectivity index (χ2v) is 11.6. The van der Waals surface area contributed by atoms with Crippen molar-refractivity contribution in [3.8, 4) is 0 Å². The number of halogens is 3. The largest absolute Gasteiger partial charge is 0.389 e. The van der Waals surface area contributed by atoms with Crippen molar-refractivity contribution in [1.29, 1.82) is 0 Å². The smallest absolute Gasteiger partial charge is 0.383 e. The molecule has 0 atom stereocenters. The molecule has 0 aromatic heterocycles. The van der Waals surface area contributed by atoms with Gasteiger partial charge in [0.1, 0.15) is 0 Å². The predicted molar refractivity (Wildman–Crippen MR) is 123 cm³/mol. The van der Waals surface area contributed by atoms with E-state index >= 15 is 0 Å². The number of likely N-dealkylation sites (tertiary alicyclic amines) is 1. The van der Waals surface area contributed by atoms with Crippen LogP contribution in [0.5, 0.6) is 0 Å². The molecule has 8 nitrogen and oxygen atoms in total. The van der Waals surface area contributed by atoms with E-state index in [0.29, 0.717) is 44.6 Å². The number of carbonyl (C=O) groups excluding carboxylic acids is 1. The number of piperidine rings is 2. The lowest BCUT2D eigenvalue weighted by molar-refractivity contribution is -0.134. The summed E-state index contributed by atoms with van der Waals surface area (Å²) in [6, 6.07) is 7.03. The summed E-state index contributed by atoms with van der Waals surface area (Å²) in [7, 11) is -2.45. The predicted octanol–water partition coefficient (Wildman–Crippen LogP) is 2.68. The maximum absolute atomic E-state index is 13.6. The minimum absolute atomic E-state index is 0.0711. The lowest BCUT2D eigenvalue weighted by atomic mass is 9.89. The Balaban J connectivity index is 1.64. The summed E-state index contributed by atoms with van der Waals surface area (Å²) in [5.74, 6) is -0.822. The minimum Gasteiger partial charge on any atom is -0.383 e. The van der Waals surface area contributed by atoms with Crippen LogP contribution in [-0.4, -0.2) is 86.1 Å². The molecule has 1 aromatic rings. The van der Waals surface area contributed by atoms with Gasteiger partial charge in [0.25, 0.3) is 5.91 Å². The molecule has 1 aromatic carbocycles. The van der Waals surface area contributed by atoms with E-state index in [-0.39, 0.29) is 38.3 Å². The maximum atomic E-state index is 13.6. The van der Waals surface area contributed by atoms with Crippen molar-refractivity contribution in [1.82, 2.24) is 14.7 Å². The summed E-state index contributed by atoms with van der Waals surface area (Å²) in [6.45, 7) is 2.39. The number of benzene rings is 1. The fraction of sp³-hybridized carbons (Fsp3) is 0.696. The number of hydroxylamine groups is 1. The van der Waals surface area contributed by atoms with Gasteiger partial charge in [0.2, 0.25) is 10.0 Å². The van der Waals surface area contributed by atoms with Crippen molar-refractivity contribution in [2.75, 3.05) is 46.4 Å². The van der Waals surface area contributed by atoms with Gasteiger partial charge in [-0.05, 0) is 49.1 Å². The highest BCUT2D eigenvalue weighted by molar-refractivity contribution is 7.91. The van der Waals surface area contributed by atoms with Crippen LogP contribution in [0.25, 0.3) is 0 Å². The minimum atomic E-state index is -4.19. The number of alkyl halides is 3. The Labute approximate surface area is 204 Å². The third-order valence-corrected chi connectivity index (χ3v) is 9.85. The molecule has 0 unspecified atom stereocenters. The average molecular weight is 522 g/mol. The number of methoxy groups -OCH3 is 1. The lowest BCUT2D eigenvalue weighted by Crippen LogP contribution is -2.62. The van der Waals surface area contributed by atoms with Crippen LogP contribution in [0.1, 0.15) is 49.1 Å². The van der Waals surface area contributed by atoms with Crippen molar-refractivity contribution < 1.29 is 36.3 Å². The third-order valence-electron chi connectivity index (χ3n) is 7.23. The standard InChI is InChI=1S/C23H34F3N3O5S/c1-34-17-16-28-14-10-22(11-15-28,21(30)27-31)35(32,33)29-12-7-20(8-13-29)19-4-2-18(3-5-19)6-9-23(24,25)26/h2-5,20,31H,6-17H2,1H3,(H,27,30). The van der Waals surface area contributed by atoms with E-state index in [1.54, 1.807) is 24.7 Å². The Morgan fingerprint density at radius 2 is 1.74 bits per heavy atom. The molecule has 35 heavy (non-hydrogen) atoms. The molecule has 2 saturated heterocycles. The number of amides is 1. The van der Waals surface area contributed by atoms with E-state index in [1.807, 2.05) is 17.0 Å². The molecule has 0 bridgehead atoms. The fourth-order valence-electron chi connectivity index (χ4n) is 4.98. The molecule has 0 aliphatic carbocycles. The van der Waals surface area contributed by atoms with Gasteiger partial charge in [-0.3, -0.25) is 10.0 Å². The van der Waals surface area contributed by atoms with Gasteiger partial charge in [-0.2, -0.15) is 13.2 Å². The normalized spacial score (nSPS) is 20.6. The Hall–Kier alpha value is -1.73. The second-order valence-electron chi connectivity index (χ2n) is 9.30. The molecule has 0 spiro atoms. The van der Waals surface area contributed by atoms with Crippen LogP contribution in [0.3, 0.4) is 0 Å². The molecule has 12 heteroatoms. The molecule has 2 N–H and O–H groups in total. The molecule has 0 saturated carbocycles. The highest BCUT2D eigenvalue weighted by atomic mass is 32.2. The summed E-state index contributed by atoms with van der Waals surface area (Å²) in [6.07, 6.45) is -3.90. The first-order valence-electron chi connectivity index (χ1n) is 11.8. The Morgan fingerprint density at radius 3 is 2.26 bits per heavy atom. The van der Waals surface area contributed by atoms with Crippen LogP contribution < -0.4 is 5.48 Å². The summed E-state index contributed by atoms with van der Waals surface area (Å²) >= 11 is 0. The quantitative estimate of drug-likeness (QED) is 0.383. The van der Waals surface area contributed by atoms with E-state index in [4.69, 9.17) is 4.74 Å². The molecule has 2 aliphatic rings. The number of hydrogen-bond donors (Lipinski definition) is 2. The summed E-state index contributed by atoms with van der Waals surface area (Å²) in [5.41, 5.74) is 3.16. The highest BCUT2D eigenvalue weighted by Gasteiger charge is 2.55. The molecule has 198 valence electrons. The van der Waals surface area contributed by atoms with Crippen molar-refractivity contribution in [3.63, 3.8) is 0 Å². The van der Waals surface area contributed by atoms with Crippen LogP contribution in [0.2, 0.25) is 0 Å². The number of rotatable bonds is 9. The Morgan fingerprint density at radius 1 is 1.14 bits per heavy atom. The van der Waals surface area contributed by atoms with E-state index in [0.717, 1.165) is 5.56 Å². The van der Waals surface area contributed by atoms with Crippen molar-refractivity contribution >= 4 is 15.9 Å². The van der Waals surface area contributed by atoms with Crippen LogP contribution in [-0.2, 0) is 26.0 Å². The van der Waals surface area contributed by atoms with Gasteiger partial charge in [0.15, 0.2) is 4.75 Å². The summed E-state index contributed by atoms with van der Waals surface area (Å²) in [5, 5.41) is 9.34. The molecular formula is C23H34F3N3O5S. The van der Waals surface area contributed by atoms with Crippen LogP contribution >= 0.6 is 0 Å². The number of hydrogen-bond acceptors (Lipinski definition) is 6. The van der Waals surface area contributed by atoms with Crippen molar-refractivity contribution in [3.05, 3.63) is 35.4 Å². The first kappa shape index (κ1) is 27.9. The third kappa shape index (κ3) is 6.53. The fourth-order valence-corrected chi connectivity index (χ4v) is 7.15. The number of sulfonamides is 1. The van der Waals surface area contributed by atoms with E-state index in [2.05, 4.69) is 0 Å². The Kier molecular flexibility index (Phi) is 9.19. The van der Waals surface area contributed by atoms with Crippen molar-refractivity contribution in [2.24, 2.45) is 0 Å². The zero-order valence-electron chi connectivity index (χ0n) is 19.9. The van der Waals surface area contributed by atoms with Gasteiger partial charge in [-0.1, -0.05) is 24.3 Å². The summed E-state index contributed by atoms with van der Waals surface area (Å²) in [4.78, 5) is 14.7. The maximum Gasteiger partial charge on any atom is 0.389 e. The van der Waals surface area contributed by atoms with Gasteiger partial charge >= 0.3 is 6.18 Å². The first-order chi connectivity index (χ1) is 16.5. The molecular weight excluding hydrogens is 487 g/mol. The van der Waals surface area contributed by atoms with Gasteiger partial charge in [-0.25, -0.2) is 18.2 Å². The average Bonchev–Trinajstić information content (AvgIpc) is 2.86. The second kappa shape index (κ2) is 11.5. The number of ether oxygens (including phenoxy) is 1. The van der Waals surface area contributed by atoms with Crippen molar-refractivity contribution in [2.45, 2.75) is 55.4 Å². The number of aryl methyl sites for hydroxylation is 1. The Bertz CT molecular complexity index is 940.